The van der Waals surface area contributed by atoms with Crippen LogP contribution in [0.3, 0.4) is 0 Å². The molecule has 1 amide bonds. The molecule has 0 aliphatic carbocycles. The number of carbonyl (C=O) groups is 1. The molecule has 0 aromatic heterocycles. The first-order valence-electron chi connectivity index (χ1n) is 6.81. The van der Waals surface area contributed by atoms with Gasteiger partial charge in [-0.15, -0.1) is 0 Å². The molecule has 3 rings (SSSR count). The standard InChI is InChI=1S/C16H16ClN3O/c17-12-5-6-14(13(18)9-12)19-16(21)10-20-8-7-11-3-1-2-4-15(11)20/h1-6,9H,7-8,10,18H2,(H,19,21). The van der Waals surface area contributed by atoms with Crippen LogP contribution < -0.4 is 16.0 Å². The Morgan fingerprint density at radius 2 is 2.10 bits per heavy atom. The summed E-state index contributed by atoms with van der Waals surface area (Å²) in [5.41, 5.74) is 9.33. The molecule has 1 aliphatic rings. The zero-order valence-corrected chi connectivity index (χ0v) is 12.2. The van der Waals surface area contributed by atoms with Crippen LogP contribution in [0.4, 0.5) is 17.1 Å². The largest absolute Gasteiger partial charge is 0.397 e. The highest BCUT2D eigenvalue weighted by Crippen LogP contribution is 2.27. The summed E-state index contributed by atoms with van der Waals surface area (Å²) in [6.45, 7) is 1.18. The van der Waals surface area contributed by atoms with Gasteiger partial charge in [-0.25, -0.2) is 0 Å². The summed E-state index contributed by atoms with van der Waals surface area (Å²) < 4.78 is 0. The van der Waals surface area contributed by atoms with Gasteiger partial charge in [0.05, 0.1) is 17.9 Å². The number of benzene rings is 2. The van der Waals surface area contributed by atoms with Crippen molar-refractivity contribution in [3.63, 3.8) is 0 Å². The minimum atomic E-state index is -0.0827. The summed E-state index contributed by atoms with van der Waals surface area (Å²) in [5, 5.41) is 3.39. The quantitative estimate of drug-likeness (QED) is 0.857. The molecule has 1 aliphatic heterocycles. The molecular formula is C16H16ClN3O. The van der Waals surface area contributed by atoms with E-state index in [4.69, 9.17) is 17.3 Å². The fourth-order valence-corrected chi connectivity index (χ4v) is 2.76. The second kappa shape index (κ2) is 5.66. The minimum Gasteiger partial charge on any atom is -0.397 e. The lowest BCUT2D eigenvalue weighted by atomic mass is 10.2. The number of nitrogens with two attached hydrogens (primary N) is 1. The number of hydrogen-bond acceptors (Lipinski definition) is 3. The molecule has 3 N–H and O–H groups in total. The maximum atomic E-state index is 12.2. The molecule has 0 fully saturated rings. The SMILES string of the molecule is Nc1cc(Cl)ccc1NC(=O)CN1CCc2ccccc21. The Morgan fingerprint density at radius 3 is 2.90 bits per heavy atom. The van der Waals surface area contributed by atoms with E-state index in [0.29, 0.717) is 22.9 Å². The van der Waals surface area contributed by atoms with Crippen molar-refractivity contribution in [2.75, 3.05) is 29.0 Å². The topological polar surface area (TPSA) is 58.4 Å². The number of hydrogen-bond donors (Lipinski definition) is 2. The number of amides is 1. The molecule has 4 nitrogen and oxygen atoms in total. The molecule has 5 heteroatoms. The van der Waals surface area contributed by atoms with E-state index in [-0.39, 0.29) is 5.91 Å². The van der Waals surface area contributed by atoms with Gasteiger partial charge in [0.1, 0.15) is 0 Å². The van der Waals surface area contributed by atoms with Crippen LogP contribution in [0, 0.1) is 0 Å². The molecule has 108 valence electrons. The van der Waals surface area contributed by atoms with E-state index in [1.54, 1.807) is 18.2 Å². The Bertz CT molecular complexity index is 687. The van der Waals surface area contributed by atoms with Gasteiger partial charge in [0.2, 0.25) is 5.91 Å². The number of rotatable bonds is 3. The van der Waals surface area contributed by atoms with Crippen LogP contribution in [0.25, 0.3) is 0 Å². The van der Waals surface area contributed by atoms with Crippen LogP contribution >= 0.6 is 11.6 Å². The summed E-state index contributed by atoms with van der Waals surface area (Å²) >= 11 is 5.85. The zero-order chi connectivity index (χ0) is 14.8. The molecule has 2 aromatic carbocycles. The van der Waals surface area contributed by atoms with Crippen molar-refractivity contribution in [3.8, 4) is 0 Å². The number of carbonyl (C=O) groups excluding carboxylic acids is 1. The van der Waals surface area contributed by atoms with Crippen molar-refractivity contribution in [2.45, 2.75) is 6.42 Å². The summed E-state index contributed by atoms with van der Waals surface area (Å²) in [6.07, 6.45) is 0.979. The van der Waals surface area contributed by atoms with Gasteiger partial charge < -0.3 is 16.0 Å². The van der Waals surface area contributed by atoms with Gasteiger partial charge in [0.25, 0.3) is 0 Å². The van der Waals surface area contributed by atoms with E-state index < -0.39 is 0 Å². The lowest BCUT2D eigenvalue weighted by Gasteiger charge is -2.19. The summed E-state index contributed by atoms with van der Waals surface area (Å²) in [5.74, 6) is -0.0827. The van der Waals surface area contributed by atoms with E-state index in [0.717, 1.165) is 18.7 Å². The van der Waals surface area contributed by atoms with Crippen molar-refractivity contribution < 1.29 is 4.79 Å². The summed E-state index contributed by atoms with van der Waals surface area (Å²) in [7, 11) is 0. The first-order valence-corrected chi connectivity index (χ1v) is 7.19. The highest BCUT2D eigenvalue weighted by atomic mass is 35.5. The smallest absolute Gasteiger partial charge is 0.243 e. The maximum absolute atomic E-state index is 12.2. The van der Waals surface area contributed by atoms with E-state index >= 15 is 0 Å². The molecule has 21 heavy (non-hydrogen) atoms. The van der Waals surface area contributed by atoms with Gasteiger partial charge in [-0.3, -0.25) is 4.79 Å². The van der Waals surface area contributed by atoms with Gasteiger partial charge in [-0.05, 0) is 36.2 Å². The lowest BCUT2D eigenvalue weighted by molar-refractivity contribution is -0.114. The Kier molecular flexibility index (Phi) is 3.71. The van der Waals surface area contributed by atoms with Crippen LogP contribution in [0.5, 0.6) is 0 Å². The third kappa shape index (κ3) is 2.95. The Balaban J connectivity index is 1.68. The highest BCUT2D eigenvalue weighted by Gasteiger charge is 2.20. The van der Waals surface area contributed by atoms with Crippen molar-refractivity contribution in [1.82, 2.24) is 0 Å². The van der Waals surface area contributed by atoms with E-state index in [1.165, 1.54) is 5.56 Å². The van der Waals surface area contributed by atoms with E-state index in [9.17, 15) is 4.79 Å². The van der Waals surface area contributed by atoms with E-state index in [1.807, 2.05) is 18.2 Å². The van der Waals surface area contributed by atoms with Crippen molar-refractivity contribution in [2.24, 2.45) is 0 Å². The molecule has 0 spiro atoms. The third-order valence-electron chi connectivity index (χ3n) is 3.61. The van der Waals surface area contributed by atoms with E-state index in [2.05, 4.69) is 16.3 Å². The Labute approximate surface area is 128 Å². The Morgan fingerprint density at radius 1 is 1.29 bits per heavy atom. The van der Waals surface area contributed by atoms with Gasteiger partial charge in [0.15, 0.2) is 0 Å². The minimum absolute atomic E-state index is 0.0827. The molecular weight excluding hydrogens is 286 g/mol. The normalized spacial score (nSPS) is 13.1. The molecule has 0 saturated heterocycles. The highest BCUT2D eigenvalue weighted by molar-refractivity contribution is 6.31. The number of anilines is 3. The number of halogens is 1. The number of nitrogens with zero attached hydrogens (tertiary/aromatic N) is 1. The molecule has 0 radical (unpaired) electrons. The van der Waals surface area contributed by atoms with Crippen LogP contribution in [0.2, 0.25) is 5.02 Å². The molecule has 2 aromatic rings. The van der Waals surface area contributed by atoms with Gasteiger partial charge in [-0.1, -0.05) is 29.8 Å². The summed E-state index contributed by atoms with van der Waals surface area (Å²) in [6, 6.07) is 13.2. The third-order valence-corrected chi connectivity index (χ3v) is 3.84. The fourth-order valence-electron chi connectivity index (χ4n) is 2.58. The lowest BCUT2D eigenvalue weighted by Crippen LogP contribution is -2.32. The molecule has 0 atom stereocenters. The average molecular weight is 302 g/mol. The number of nitrogen functional groups attached to an aromatic ring is 1. The second-order valence-corrected chi connectivity index (χ2v) is 5.52. The van der Waals surface area contributed by atoms with Gasteiger partial charge in [-0.2, -0.15) is 0 Å². The van der Waals surface area contributed by atoms with Crippen LogP contribution in [0.15, 0.2) is 42.5 Å². The first kappa shape index (κ1) is 13.8. The predicted octanol–water partition coefficient (Wildman–Crippen LogP) is 2.92. The molecule has 0 bridgehead atoms. The monoisotopic (exact) mass is 301 g/mol. The molecule has 1 heterocycles. The van der Waals surface area contributed by atoms with Gasteiger partial charge >= 0.3 is 0 Å². The average Bonchev–Trinajstić information content (AvgIpc) is 2.85. The van der Waals surface area contributed by atoms with Crippen LogP contribution in [0.1, 0.15) is 5.56 Å². The second-order valence-electron chi connectivity index (χ2n) is 5.08. The van der Waals surface area contributed by atoms with Crippen molar-refractivity contribution in [3.05, 3.63) is 53.1 Å². The van der Waals surface area contributed by atoms with Crippen molar-refractivity contribution in [1.29, 1.82) is 0 Å². The molecule has 0 unspecified atom stereocenters. The Hall–Kier alpha value is -2.20. The van der Waals surface area contributed by atoms with Crippen LogP contribution in [-0.2, 0) is 11.2 Å². The van der Waals surface area contributed by atoms with Gasteiger partial charge in [0, 0.05) is 17.3 Å². The molecule has 0 saturated carbocycles. The summed E-state index contributed by atoms with van der Waals surface area (Å²) in [4.78, 5) is 14.3. The predicted molar refractivity (Wildman–Crippen MR) is 86.9 cm³/mol. The van der Waals surface area contributed by atoms with Crippen molar-refractivity contribution >= 4 is 34.6 Å². The number of fused-ring (bicyclic) bond motifs is 1. The maximum Gasteiger partial charge on any atom is 0.243 e. The zero-order valence-electron chi connectivity index (χ0n) is 11.5. The fraction of sp³-hybridized carbons (Fsp3) is 0.188. The number of nitrogens with one attached hydrogen (secondary N) is 1. The number of para-hydroxylation sites is 1. The first-order chi connectivity index (χ1) is 10.1. The van der Waals surface area contributed by atoms with Crippen LogP contribution in [-0.4, -0.2) is 19.0 Å².